The fourth-order valence-electron chi connectivity index (χ4n) is 0.884. The van der Waals surface area contributed by atoms with Gasteiger partial charge in [-0.25, -0.2) is 0 Å². The van der Waals surface area contributed by atoms with Crippen LogP contribution in [0, 0.1) is 0 Å². The molecule has 0 unspecified atom stereocenters. The van der Waals surface area contributed by atoms with E-state index in [-0.39, 0.29) is 23.9 Å². The molecule has 0 amide bonds. The molecule has 0 atom stereocenters. The normalized spacial score (nSPS) is 14.8. The Labute approximate surface area is 131 Å². The second kappa shape index (κ2) is 9.07. The van der Waals surface area contributed by atoms with E-state index in [0.29, 0.717) is 0 Å². The van der Waals surface area contributed by atoms with Gasteiger partial charge in [0.25, 0.3) is 5.76 Å². The minimum Gasteiger partial charge on any atom is -0.486 e. The van der Waals surface area contributed by atoms with Crippen LogP contribution in [0.5, 0.6) is 0 Å². The van der Waals surface area contributed by atoms with Gasteiger partial charge in [0.05, 0.1) is 16.0 Å². The molecule has 0 heterocycles. The van der Waals surface area contributed by atoms with Crippen LogP contribution in [0.1, 0.15) is 6.92 Å². The number of hydrogen-bond donors (Lipinski definition) is 0. The van der Waals surface area contributed by atoms with E-state index in [0.717, 1.165) is 6.08 Å². The molecule has 0 spiro atoms. The van der Waals surface area contributed by atoms with Crippen molar-refractivity contribution in [2.24, 2.45) is 0 Å². The van der Waals surface area contributed by atoms with Gasteiger partial charge in [-0.05, 0) is 30.4 Å². The van der Waals surface area contributed by atoms with E-state index in [1.807, 2.05) is 0 Å². The van der Waals surface area contributed by atoms with Gasteiger partial charge in [0, 0.05) is 5.57 Å². The van der Waals surface area contributed by atoms with Crippen LogP contribution < -0.4 is 0 Å². The molecule has 0 bridgehead atoms. The lowest BCUT2D eigenvalue weighted by atomic mass is 10.3. The number of ether oxygens (including phenoxy) is 1. The van der Waals surface area contributed by atoms with Crippen molar-refractivity contribution >= 4 is 46.7 Å². The molecule has 0 aromatic rings. The quantitative estimate of drug-likeness (QED) is 0.295. The van der Waals surface area contributed by atoms with Gasteiger partial charge in [0.15, 0.2) is 5.09 Å². The Kier molecular flexibility index (Phi) is 9.04. The van der Waals surface area contributed by atoms with Crippen LogP contribution in [0.3, 0.4) is 0 Å². The Hall–Kier alpha value is -0.0500. The van der Waals surface area contributed by atoms with E-state index >= 15 is 0 Å². The summed E-state index contributed by atoms with van der Waals surface area (Å²) in [7, 11) is 0. The van der Waals surface area contributed by atoms with Gasteiger partial charge < -0.3 is 4.74 Å². The van der Waals surface area contributed by atoms with Crippen molar-refractivity contribution < 1.29 is 26.7 Å². The molecule has 0 aromatic heterocycles. The summed E-state index contributed by atoms with van der Waals surface area (Å²) in [6.45, 7) is 4.79. The molecule has 0 fully saturated rings. The smallest absolute Gasteiger partial charge is 0.447 e. The standard InChI is InChI=1S/C10H9Cl2F5OS2/c1-3-5(7(12)20-10(15,16)17)6(11)8(18-4-2)19-9(13)14/h3,9H,1,4H2,2H3. The molecule has 0 saturated heterocycles. The van der Waals surface area contributed by atoms with Crippen LogP contribution in [0.15, 0.2) is 32.7 Å². The first-order valence-corrected chi connectivity index (χ1v) is 7.33. The molecule has 0 aliphatic rings. The summed E-state index contributed by atoms with van der Waals surface area (Å²) < 4.78 is 65.5. The molecular formula is C10H9Cl2F5OS2. The highest BCUT2D eigenvalue weighted by molar-refractivity contribution is 8.05. The number of hydrogen-bond acceptors (Lipinski definition) is 3. The summed E-state index contributed by atoms with van der Waals surface area (Å²) in [6, 6.07) is 0. The third-order valence-corrected chi connectivity index (χ3v) is 3.78. The molecule has 0 aliphatic heterocycles. The summed E-state index contributed by atoms with van der Waals surface area (Å²) >= 11 is 10.6. The Morgan fingerprint density at radius 3 is 2.25 bits per heavy atom. The fraction of sp³-hybridized carbons (Fsp3) is 0.400. The lowest BCUT2D eigenvalue weighted by Crippen LogP contribution is -2.01. The van der Waals surface area contributed by atoms with Crippen LogP contribution in [-0.4, -0.2) is 17.9 Å². The predicted molar refractivity (Wildman–Crippen MR) is 74.8 cm³/mol. The van der Waals surface area contributed by atoms with Gasteiger partial charge >= 0.3 is 5.51 Å². The van der Waals surface area contributed by atoms with Crippen molar-refractivity contribution in [3.63, 3.8) is 0 Å². The zero-order chi connectivity index (χ0) is 15.9. The van der Waals surface area contributed by atoms with E-state index in [9.17, 15) is 22.0 Å². The molecule has 116 valence electrons. The van der Waals surface area contributed by atoms with Crippen LogP contribution >= 0.6 is 46.7 Å². The van der Waals surface area contributed by atoms with E-state index in [4.69, 9.17) is 27.9 Å². The minimum atomic E-state index is -4.63. The first-order chi connectivity index (χ1) is 9.12. The maximum atomic E-state index is 12.3. The van der Waals surface area contributed by atoms with Crippen molar-refractivity contribution in [1.29, 1.82) is 0 Å². The second-order valence-corrected chi connectivity index (χ2v) is 5.87. The molecule has 10 heteroatoms. The Balaban J connectivity index is 5.56. The SMILES string of the molecule is C=CC(=C(Cl)SC(F)(F)F)C(Cl)=C(OCC)SC(F)F. The van der Waals surface area contributed by atoms with Gasteiger partial charge in [0.2, 0.25) is 0 Å². The highest BCUT2D eigenvalue weighted by Crippen LogP contribution is 2.43. The average Bonchev–Trinajstić information content (AvgIpc) is 2.26. The summed E-state index contributed by atoms with van der Waals surface area (Å²) in [4.78, 5) is 0. The number of alkyl halides is 5. The van der Waals surface area contributed by atoms with Gasteiger partial charge in [-0.2, -0.15) is 22.0 Å². The average molecular weight is 375 g/mol. The maximum Gasteiger partial charge on any atom is 0.447 e. The van der Waals surface area contributed by atoms with Gasteiger partial charge in [-0.15, -0.1) is 0 Å². The molecule has 0 rings (SSSR count). The van der Waals surface area contributed by atoms with Gasteiger partial charge in [0.1, 0.15) is 0 Å². The number of allylic oxidation sites excluding steroid dienone is 3. The van der Waals surface area contributed by atoms with Crippen LogP contribution in [0.25, 0.3) is 0 Å². The van der Waals surface area contributed by atoms with Crippen molar-refractivity contribution in [3.05, 3.63) is 32.7 Å². The largest absolute Gasteiger partial charge is 0.486 e. The van der Waals surface area contributed by atoms with E-state index < -0.39 is 37.5 Å². The predicted octanol–water partition coefficient (Wildman–Crippen LogP) is 6.28. The summed E-state index contributed by atoms with van der Waals surface area (Å²) in [6.07, 6.45) is 0.939. The van der Waals surface area contributed by atoms with Crippen molar-refractivity contribution in [1.82, 2.24) is 0 Å². The van der Waals surface area contributed by atoms with Crippen molar-refractivity contribution in [2.45, 2.75) is 18.2 Å². The summed E-state index contributed by atoms with van der Waals surface area (Å²) in [5.74, 6) is -2.84. The molecule has 0 saturated carbocycles. The highest BCUT2D eigenvalue weighted by atomic mass is 35.5. The molecule has 0 radical (unpaired) electrons. The molecule has 0 aliphatic carbocycles. The Morgan fingerprint density at radius 1 is 1.35 bits per heavy atom. The molecule has 0 aromatic carbocycles. The van der Waals surface area contributed by atoms with Crippen molar-refractivity contribution in [2.75, 3.05) is 6.61 Å². The third kappa shape index (κ3) is 7.66. The minimum absolute atomic E-state index is 0.0136. The lowest BCUT2D eigenvalue weighted by Gasteiger charge is -2.13. The van der Waals surface area contributed by atoms with E-state index in [1.54, 1.807) is 0 Å². The molecular weight excluding hydrogens is 366 g/mol. The number of halogens is 7. The fourth-order valence-corrected chi connectivity index (χ4v) is 2.84. The monoisotopic (exact) mass is 374 g/mol. The van der Waals surface area contributed by atoms with Crippen LogP contribution in [0.4, 0.5) is 22.0 Å². The van der Waals surface area contributed by atoms with E-state index in [1.165, 1.54) is 6.92 Å². The Morgan fingerprint density at radius 2 is 1.90 bits per heavy atom. The highest BCUT2D eigenvalue weighted by Gasteiger charge is 2.31. The van der Waals surface area contributed by atoms with Crippen LogP contribution in [-0.2, 0) is 4.74 Å². The maximum absolute atomic E-state index is 12.3. The third-order valence-electron chi connectivity index (χ3n) is 1.51. The first kappa shape index (κ1) is 19.9. The zero-order valence-electron chi connectivity index (χ0n) is 9.94. The first-order valence-electron chi connectivity index (χ1n) is 4.88. The molecule has 0 N–H and O–H groups in total. The number of rotatable bonds is 7. The summed E-state index contributed by atoms with van der Waals surface area (Å²) in [5.41, 5.74) is -4.96. The van der Waals surface area contributed by atoms with Crippen molar-refractivity contribution in [3.8, 4) is 0 Å². The van der Waals surface area contributed by atoms with E-state index in [2.05, 4.69) is 6.58 Å². The Bertz CT molecular complexity index is 407. The van der Waals surface area contributed by atoms with Gasteiger partial charge in [-0.3, -0.25) is 0 Å². The van der Waals surface area contributed by atoms with Gasteiger partial charge in [-0.1, -0.05) is 35.9 Å². The zero-order valence-corrected chi connectivity index (χ0v) is 13.1. The van der Waals surface area contributed by atoms with Crippen LogP contribution in [0.2, 0.25) is 0 Å². The number of thioether (sulfide) groups is 2. The molecule has 20 heavy (non-hydrogen) atoms. The lowest BCUT2D eigenvalue weighted by molar-refractivity contribution is -0.0320. The second-order valence-electron chi connectivity index (χ2n) is 2.85. The summed E-state index contributed by atoms with van der Waals surface area (Å²) in [5, 5.41) is -0.867. The molecule has 1 nitrogen and oxygen atoms in total. The topological polar surface area (TPSA) is 9.23 Å².